The molecule has 1 saturated heterocycles. The van der Waals surface area contributed by atoms with Gasteiger partial charge in [-0.3, -0.25) is 19.3 Å². The summed E-state index contributed by atoms with van der Waals surface area (Å²) in [4.78, 5) is 39.1. The van der Waals surface area contributed by atoms with E-state index in [1.807, 2.05) is 12.2 Å². The summed E-state index contributed by atoms with van der Waals surface area (Å²) in [7, 11) is 0. The van der Waals surface area contributed by atoms with Crippen LogP contribution in [0, 0.1) is 11.8 Å². The normalized spacial score (nSPS) is 25.0. The molecule has 0 spiro atoms. The molecule has 142 valence electrons. The van der Waals surface area contributed by atoms with Crippen molar-refractivity contribution in [3.05, 3.63) is 30.4 Å². The van der Waals surface area contributed by atoms with Gasteiger partial charge in [0.1, 0.15) is 6.04 Å². The Morgan fingerprint density at radius 3 is 2.37 bits per heavy atom. The van der Waals surface area contributed by atoms with Crippen molar-refractivity contribution in [2.45, 2.75) is 32.2 Å². The number of hydrogen-bond acceptors (Lipinski definition) is 5. The summed E-state index contributed by atoms with van der Waals surface area (Å²) in [5.41, 5.74) is 0.536. The largest absolute Gasteiger partial charge is 0.490 e. The van der Waals surface area contributed by atoms with Crippen LogP contribution in [0.3, 0.4) is 0 Å². The molecular formula is C20H22N2O5. The lowest BCUT2D eigenvalue weighted by Gasteiger charge is -2.22. The molecule has 2 aliphatic heterocycles. The second-order valence-electron chi connectivity index (χ2n) is 7.08. The molecule has 0 aromatic heterocycles. The number of nitrogens with one attached hydrogen (secondary N) is 1. The number of anilines is 1. The van der Waals surface area contributed by atoms with Crippen LogP contribution in [0.15, 0.2) is 30.4 Å². The van der Waals surface area contributed by atoms with Gasteiger partial charge in [-0.25, -0.2) is 0 Å². The van der Waals surface area contributed by atoms with E-state index < -0.39 is 11.9 Å². The number of hydrogen-bond donors (Lipinski definition) is 1. The number of carbonyl (C=O) groups is 3. The van der Waals surface area contributed by atoms with Crippen molar-refractivity contribution >= 4 is 23.4 Å². The predicted octanol–water partition coefficient (Wildman–Crippen LogP) is 2.13. The fourth-order valence-electron chi connectivity index (χ4n) is 3.81. The first-order chi connectivity index (χ1) is 13.1. The van der Waals surface area contributed by atoms with Crippen LogP contribution >= 0.6 is 0 Å². The standard InChI is InChI=1S/C20H22N2O5/c1-12(22-19(24)14-5-2-3-6-15(14)20(22)25)18(23)21-13-7-8-16-17(11-13)27-10-4-9-26-16/h2-3,7-8,11-12,14-15H,4-6,9-10H2,1H3,(H,21,23)/t12-,14+,15+/m1/s1. The van der Waals surface area contributed by atoms with Crippen LogP contribution in [0.2, 0.25) is 0 Å². The minimum atomic E-state index is -0.869. The summed E-state index contributed by atoms with van der Waals surface area (Å²) in [5, 5.41) is 2.78. The second kappa shape index (κ2) is 7.06. The fraction of sp³-hybridized carbons (Fsp3) is 0.450. The SMILES string of the molecule is C[C@H](C(=O)Nc1ccc2c(c1)OCCCO2)N1C(=O)[C@H]2CC=CC[C@@H]2C1=O. The highest BCUT2D eigenvalue weighted by Gasteiger charge is 2.50. The third-order valence-corrected chi connectivity index (χ3v) is 5.32. The Balaban J connectivity index is 1.48. The average Bonchev–Trinajstić information content (AvgIpc) is 2.82. The van der Waals surface area contributed by atoms with E-state index in [0.717, 1.165) is 11.3 Å². The van der Waals surface area contributed by atoms with E-state index in [0.29, 0.717) is 43.2 Å². The van der Waals surface area contributed by atoms with E-state index in [4.69, 9.17) is 9.47 Å². The van der Waals surface area contributed by atoms with E-state index in [1.165, 1.54) is 0 Å². The minimum Gasteiger partial charge on any atom is -0.490 e. The summed E-state index contributed by atoms with van der Waals surface area (Å²) in [5.74, 6) is -0.376. The molecule has 0 unspecified atom stereocenters. The average molecular weight is 370 g/mol. The first-order valence-corrected chi connectivity index (χ1v) is 9.28. The molecule has 0 bridgehead atoms. The van der Waals surface area contributed by atoms with E-state index in [-0.39, 0.29) is 23.7 Å². The van der Waals surface area contributed by atoms with E-state index in [9.17, 15) is 14.4 Å². The Morgan fingerprint density at radius 2 is 1.70 bits per heavy atom. The molecule has 3 atom stereocenters. The van der Waals surface area contributed by atoms with Gasteiger partial charge in [-0.05, 0) is 31.9 Å². The zero-order valence-electron chi connectivity index (χ0n) is 15.1. The first kappa shape index (κ1) is 17.6. The maximum atomic E-state index is 12.7. The topological polar surface area (TPSA) is 84.9 Å². The van der Waals surface area contributed by atoms with Gasteiger partial charge in [-0.15, -0.1) is 0 Å². The molecule has 0 saturated carbocycles. The maximum Gasteiger partial charge on any atom is 0.247 e. The number of imide groups is 1. The van der Waals surface area contributed by atoms with Gasteiger partial charge in [-0.2, -0.15) is 0 Å². The van der Waals surface area contributed by atoms with E-state index in [1.54, 1.807) is 25.1 Å². The highest BCUT2D eigenvalue weighted by atomic mass is 16.5. The van der Waals surface area contributed by atoms with Crippen molar-refractivity contribution < 1.29 is 23.9 Å². The summed E-state index contributed by atoms with van der Waals surface area (Å²) >= 11 is 0. The monoisotopic (exact) mass is 370 g/mol. The number of carbonyl (C=O) groups excluding carboxylic acids is 3. The van der Waals surface area contributed by atoms with Gasteiger partial charge in [0, 0.05) is 18.2 Å². The van der Waals surface area contributed by atoms with Crippen molar-refractivity contribution in [2.75, 3.05) is 18.5 Å². The maximum absolute atomic E-state index is 12.7. The molecule has 7 heteroatoms. The number of ether oxygens (including phenoxy) is 2. The fourth-order valence-corrected chi connectivity index (χ4v) is 3.81. The Kier molecular flexibility index (Phi) is 4.59. The number of allylic oxidation sites excluding steroid dienone is 2. The number of rotatable bonds is 3. The van der Waals surface area contributed by atoms with Crippen LogP contribution in [0.4, 0.5) is 5.69 Å². The summed E-state index contributed by atoms with van der Waals surface area (Å²) in [6.07, 6.45) is 5.77. The summed E-state index contributed by atoms with van der Waals surface area (Å²) < 4.78 is 11.2. The first-order valence-electron chi connectivity index (χ1n) is 9.28. The number of likely N-dealkylation sites (tertiary alicyclic amines) is 1. The Labute approximate surface area is 157 Å². The number of nitrogens with zero attached hydrogens (tertiary/aromatic N) is 1. The van der Waals surface area contributed by atoms with Crippen LogP contribution in [0.5, 0.6) is 11.5 Å². The molecule has 1 aliphatic carbocycles. The molecular weight excluding hydrogens is 348 g/mol. The third-order valence-electron chi connectivity index (χ3n) is 5.32. The molecule has 1 N–H and O–H groups in total. The van der Waals surface area contributed by atoms with Gasteiger partial charge in [0.05, 0.1) is 25.0 Å². The molecule has 1 aromatic rings. The lowest BCUT2D eigenvalue weighted by Crippen LogP contribution is -2.46. The van der Waals surface area contributed by atoms with Crippen LogP contribution in [0.1, 0.15) is 26.2 Å². The van der Waals surface area contributed by atoms with Crippen molar-refractivity contribution in [3.63, 3.8) is 0 Å². The van der Waals surface area contributed by atoms with Gasteiger partial charge in [-0.1, -0.05) is 12.2 Å². The Bertz CT molecular complexity index is 793. The van der Waals surface area contributed by atoms with Gasteiger partial charge in [0.2, 0.25) is 17.7 Å². The summed E-state index contributed by atoms with van der Waals surface area (Å²) in [6.45, 7) is 2.72. The molecule has 1 fully saturated rings. The molecule has 0 radical (unpaired) electrons. The van der Waals surface area contributed by atoms with Crippen molar-refractivity contribution in [2.24, 2.45) is 11.8 Å². The molecule has 7 nitrogen and oxygen atoms in total. The Hall–Kier alpha value is -2.83. The smallest absolute Gasteiger partial charge is 0.247 e. The number of amides is 3. The molecule has 3 aliphatic rings. The molecule has 4 rings (SSSR count). The van der Waals surface area contributed by atoms with Gasteiger partial charge < -0.3 is 14.8 Å². The predicted molar refractivity (Wildman–Crippen MR) is 97.3 cm³/mol. The van der Waals surface area contributed by atoms with Crippen molar-refractivity contribution in [1.82, 2.24) is 4.90 Å². The minimum absolute atomic E-state index is 0.254. The Morgan fingerprint density at radius 1 is 1.07 bits per heavy atom. The van der Waals surface area contributed by atoms with Crippen LogP contribution in [0.25, 0.3) is 0 Å². The number of fused-ring (bicyclic) bond motifs is 2. The van der Waals surface area contributed by atoms with E-state index in [2.05, 4.69) is 5.32 Å². The highest BCUT2D eigenvalue weighted by Crippen LogP contribution is 2.36. The van der Waals surface area contributed by atoms with Crippen molar-refractivity contribution in [1.29, 1.82) is 0 Å². The highest BCUT2D eigenvalue weighted by molar-refractivity contribution is 6.10. The summed E-state index contributed by atoms with van der Waals surface area (Å²) in [6, 6.07) is 4.29. The molecule has 2 heterocycles. The second-order valence-corrected chi connectivity index (χ2v) is 7.08. The molecule has 3 amide bonds. The third kappa shape index (κ3) is 3.18. The van der Waals surface area contributed by atoms with Gasteiger partial charge >= 0.3 is 0 Å². The zero-order chi connectivity index (χ0) is 19.0. The van der Waals surface area contributed by atoms with E-state index >= 15 is 0 Å². The zero-order valence-corrected chi connectivity index (χ0v) is 15.1. The van der Waals surface area contributed by atoms with Crippen LogP contribution in [-0.4, -0.2) is 41.9 Å². The quantitative estimate of drug-likeness (QED) is 0.651. The van der Waals surface area contributed by atoms with Gasteiger partial charge in [0.25, 0.3) is 0 Å². The lowest BCUT2D eigenvalue weighted by molar-refractivity contribution is -0.146. The van der Waals surface area contributed by atoms with Crippen LogP contribution < -0.4 is 14.8 Å². The van der Waals surface area contributed by atoms with Gasteiger partial charge in [0.15, 0.2) is 11.5 Å². The lowest BCUT2D eigenvalue weighted by atomic mass is 9.85. The number of benzene rings is 1. The molecule has 1 aromatic carbocycles. The van der Waals surface area contributed by atoms with Crippen LogP contribution in [-0.2, 0) is 14.4 Å². The molecule has 27 heavy (non-hydrogen) atoms. The van der Waals surface area contributed by atoms with Crippen molar-refractivity contribution in [3.8, 4) is 11.5 Å².